The Hall–Kier alpha value is -3.55. The van der Waals surface area contributed by atoms with E-state index >= 15 is 0 Å². The smallest absolute Gasteiger partial charge is 0.394 e. The number of ether oxygens (including phenoxy) is 2. The Morgan fingerprint density at radius 2 is 1.86 bits per heavy atom. The first-order valence-electron chi connectivity index (χ1n) is 13.0. The molecule has 0 aliphatic carbocycles. The quantitative estimate of drug-likeness (QED) is 0.127. The van der Waals surface area contributed by atoms with Gasteiger partial charge in [-0.2, -0.15) is 4.98 Å². The third kappa shape index (κ3) is 5.13. The average molecular weight is 609 g/mol. The summed E-state index contributed by atoms with van der Waals surface area (Å²) >= 11 is 0. The lowest BCUT2D eigenvalue weighted by Crippen LogP contribution is -2.26. The van der Waals surface area contributed by atoms with Crippen LogP contribution in [-0.4, -0.2) is 91.8 Å². The van der Waals surface area contributed by atoms with Gasteiger partial charge in [-0.05, 0) is 0 Å². The van der Waals surface area contributed by atoms with Gasteiger partial charge in [-0.15, -0.1) is 0 Å². The fourth-order valence-corrected chi connectivity index (χ4v) is 6.22. The minimum atomic E-state index is -4.68. The summed E-state index contributed by atoms with van der Waals surface area (Å²) in [5, 5.41) is 20.5. The number of aliphatic hydroxyl groups is 2. The van der Waals surface area contributed by atoms with Crippen molar-refractivity contribution in [3.8, 4) is 0 Å². The highest BCUT2D eigenvalue weighted by Gasteiger charge is 2.44. The molecule has 6 rings (SSSR count). The molecule has 226 valence electrons. The monoisotopic (exact) mass is 608 g/mol. The molecule has 2 aliphatic heterocycles. The predicted octanol–water partition coefficient (Wildman–Crippen LogP) is -0.810. The maximum Gasteiger partial charge on any atom is 0.472 e. The summed E-state index contributed by atoms with van der Waals surface area (Å²) in [6.07, 6.45) is -1.04. The van der Waals surface area contributed by atoms with Crippen molar-refractivity contribution in [1.82, 2.24) is 39.0 Å². The number of hydrogen-bond acceptors (Lipinski definition) is 15. The topological polar surface area (TPSA) is 274 Å². The van der Waals surface area contributed by atoms with Gasteiger partial charge in [-0.3, -0.25) is 28.0 Å². The van der Waals surface area contributed by atoms with Gasteiger partial charge in [0.05, 0.1) is 44.2 Å². The Kier molecular flexibility index (Phi) is 7.44. The Labute approximate surface area is 236 Å². The highest BCUT2D eigenvalue weighted by molar-refractivity contribution is 7.47. The second-order valence-electron chi connectivity index (χ2n) is 10.1. The number of nitrogens with two attached hydrogens (primary N) is 2. The number of nitrogens with zero attached hydrogens (tertiary/aromatic N) is 7. The van der Waals surface area contributed by atoms with Crippen LogP contribution < -0.4 is 17.0 Å². The number of nitrogens with one attached hydrogen (secondary N) is 1. The highest BCUT2D eigenvalue weighted by atomic mass is 31.2. The number of fused-ring (bicyclic) bond motifs is 2. The summed E-state index contributed by atoms with van der Waals surface area (Å²) in [5.74, 6) is -0.331. The minimum Gasteiger partial charge on any atom is -0.394 e. The van der Waals surface area contributed by atoms with Crippen LogP contribution >= 0.6 is 7.82 Å². The molecule has 0 radical (unpaired) electrons. The number of aromatic nitrogens is 8. The highest BCUT2D eigenvalue weighted by Crippen LogP contribution is 2.49. The van der Waals surface area contributed by atoms with Crippen molar-refractivity contribution in [1.29, 1.82) is 0 Å². The summed E-state index contributed by atoms with van der Waals surface area (Å²) in [6.45, 7) is 1.11. The van der Waals surface area contributed by atoms with E-state index in [2.05, 4.69) is 29.9 Å². The van der Waals surface area contributed by atoms with Gasteiger partial charge < -0.3 is 36.0 Å². The molecule has 0 bridgehead atoms. The molecule has 8 N–H and O–H groups in total. The van der Waals surface area contributed by atoms with Crippen LogP contribution in [-0.2, 0) is 23.1 Å². The van der Waals surface area contributed by atoms with Crippen LogP contribution in [0.25, 0.3) is 22.3 Å². The number of aliphatic hydroxyl groups excluding tert-OH is 2. The third-order valence-electron chi connectivity index (χ3n) is 7.34. The normalized spacial score (nSPS) is 29.5. The van der Waals surface area contributed by atoms with Gasteiger partial charge in [0.1, 0.15) is 24.2 Å². The second-order valence-corrected chi connectivity index (χ2v) is 11.5. The summed E-state index contributed by atoms with van der Waals surface area (Å²) in [4.78, 5) is 45.5. The van der Waals surface area contributed by atoms with Crippen molar-refractivity contribution >= 4 is 41.9 Å². The number of rotatable bonds is 9. The van der Waals surface area contributed by atoms with Crippen LogP contribution in [0, 0.1) is 5.92 Å². The molecule has 0 spiro atoms. The van der Waals surface area contributed by atoms with E-state index in [0.29, 0.717) is 11.2 Å². The third-order valence-corrected chi connectivity index (χ3v) is 8.39. The second kappa shape index (κ2) is 10.9. The fraction of sp³-hybridized carbons (Fsp3) is 0.545. The van der Waals surface area contributed by atoms with Gasteiger partial charge in [0.15, 0.2) is 28.9 Å². The van der Waals surface area contributed by atoms with Crippen LogP contribution in [0.15, 0.2) is 23.8 Å². The molecule has 0 aromatic carbocycles. The molecule has 2 fully saturated rings. The van der Waals surface area contributed by atoms with E-state index in [0.717, 1.165) is 0 Å². The van der Waals surface area contributed by atoms with Crippen molar-refractivity contribution in [3.05, 3.63) is 29.3 Å². The van der Waals surface area contributed by atoms with Crippen molar-refractivity contribution in [2.75, 3.05) is 24.7 Å². The van der Waals surface area contributed by atoms with Crippen LogP contribution in [0.2, 0.25) is 0 Å². The first-order chi connectivity index (χ1) is 20.1. The van der Waals surface area contributed by atoms with E-state index in [4.69, 9.17) is 30.0 Å². The summed E-state index contributed by atoms with van der Waals surface area (Å²) in [7, 11) is -4.68. The van der Waals surface area contributed by atoms with Gasteiger partial charge in [0, 0.05) is 18.8 Å². The molecule has 0 amide bonds. The average Bonchev–Trinajstić information content (AvgIpc) is 3.71. The van der Waals surface area contributed by atoms with E-state index in [1.807, 2.05) is 0 Å². The molecule has 2 saturated heterocycles. The zero-order valence-corrected chi connectivity index (χ0v) is 23.0. The fourth-order valence-electron chi connectivity index (χ4n) is 5.29. The van der Waals surface area contributed by atoms with Crippen molar-refractivity contribution < 1.29 is 38.2 Å². The molecule has 0 saturated carbocycles. The molecule has 8 atom stereocenters. The Morgan fingerprint density at radius 1 is 1.12 bits per heavy atom. The number of phosphoric ester groups is 1. The Morgan fingerprint density at radius 3 is 2.62 bits per heavy atom. The number of aromatic amines is 1. The summed E-state index contributed by atoms with van der Waals surface area (Å²) in [6, 6.07) is 0. The van der Waals surface area contributed by atoms with Crippen molar-refractivity contribution in [3.63, 3.8) is 0 Å². The maximum absolute atomic E-state index is 12.9. The number of anilines is 2. The molecule has 19 nitrogen and oxygen atoms in total. The van der Waals surface area contributed by atoms with Crippen LogP contribution in [0.1, 0.15) is 32.2 Å². The molecular formula is C22H29N10O9P. The molecule has 20 heteroatoms. The molecule has 2 aliphatic rings. The first kappa shape index (κ1) is 28.6. The molecule has 1 unspecified atom stereocenters. The van der Waals surface area contributed by atoms with Gasteiger partial charge in [-0.25, -0.2) is 24.5 Å². The largest absolute Gasteiger partial charge is 0.472 e. The van der Waals surface area contributed by atoms with E-state index < -0.39 is 56.9 Å². The first-order valence-corrected chi connectivity index (χ1v) is 14.5. The van der Waals surface area contributed by atoms with E-state index in [1.54, 1.807) is 11.5 Å². The van der Waals surface area contributed by atoms with Gasteiger partial charge >= 0.3 is 7.82 Å². The van der Waals surface area contributed by atoms with E-state index in [-0.39, 0.29) is 48.3 Å². The van der Waals surface area contributed by atoms with Crippen molar-refractivity contribution in [2.45, 2.75) is 56.6 Å². The standard InChI is InChI=1S/C22H29N10O9P/c1-9-15(34)11(40-20(9)31-7-27-13-16(23)25-6-26-17(13)31)2-3-38-42(36,37)41-12-4-10(5-33)39-21(12)32-8-28-14-18(32)29-22(24)30-19(14)35/h6-12,15,20-21,33-34H,2-5H2,1H3,(H,36,37)(H2,23,25,26)(H3,24,29,30,35)/t9-,10-,11+,12+,15-,20+,21+/m0/s1. The maximum atomic E-state index is 12.9. The molecule has 6 heterocycles. The number of nitrogen functional groups attached to an aromatic ring is 2. The lowest BCUT2D eigenvalue weighted by Gasteiger charge is -2.23. The number of phosphoric acid groups is 1. The van der Waals surface area contributed by atoms with Gasteiger partial charge in [0.2, 0.25) is 5.95 Å². The lowest BCUT2D eigenvalue weighted by molar-refractivity contribution is -0.0511. The van der Waals surface area contributed by atoms with Gasteiger partial charge in [0.25, 0.3) is 5.56 Å². The molecule has 4 aromatic rings. The predicted molar refractivity (Wildman–Crippen MR) is 142 cm³/mol. The van der Waals surface area contributed by atoms with Crippen LogP contribution in [0.5, 0.6) is 0 Å². The van der Waals surface area contributed by atoms with Gasteiger partial charge in [-0.1, -0.05) is 6.92 Å². The number of imidazole rings is 2. The molecule has 42 heavy (non-hydrogen) atoms. The summed E-state index contributed by atoms with van der Waals surface area (Å²) < 4.78 is 38.4. The summed E-state index contributed by atoms with van der Waals surface area (Å²) in [5.41, 5.74) is 11.8. The molecular weight excluding hydrogens is 579 g/mol. The number of hydrogen-bond donors (Lipinski definition) is 6. The Bertz CT molecular complexity index is 1710. The zero-order valence-electron chi connectivity index (χ0n) is 22.1. The lowest BCUT2D eigenvalue weighted by atomic mass is 10.0. The van der Waals surface area contributed by atoms with Crippen molar-refractivity contribution in [2.24, 2.45) is 5.92 Å². The van der Waals surface area contributed by atoms with E-state index in [1.165, 1.54) is 23.5 Å². The number of H-pyrrole nitrogens is 1. The Balaban J connectivity index is 1.11. The minimum absolute atomic E-state index is 0.0234. The molecule has 4 aromatic heterocycles. The SMILES string of the molecule is C[C@H]1[C@H](O)[C@@H](CCOP(=O)(O)O[C@@H]2C[C@@H](CO)O[C@H]2n2cnc3c(=O)[nH]c(N)nc32)O[C@H]1n1cnc2c(N)ncnc21. The van der Waals surface area contributed by atoms with E-state index in [9.17, 15) is 24.5 Å². The van der Waals surface area contributed by atoms with Crippen LogP contribution in [0.3, 0.4) is 0 Å². The van der Waals surface area contributed by atoms with Crippen LogP contribution in [0.4, 0.5) is 11.8 Å². The zero-order chi connectivity index (χ0) is 29.8.